The molecule has 1 atom stereocenters. The standard InChI is InChI=1S/C21H28N6O4/c1-13-16(25-7-9-26(10-8-25)20(30)31-21(2,3)4)11-14-12-22-27(18(14)23-13)15-5-6-17(28)24-19(15)29/h11-12,15H,5-10H2,1-4H3,(H,24,28,29). The zero-order chi connectivity index (χ0) is 22.3. The van der Waals surface area contributed by atoms with E-state index < -0.39 is 11.6 Å². The Balaban J connectivity index is 1.50. The van der Waals surface area contributed by atoms with Gasteiger partial charge in [0, 0.05) is 38.0 Å². The minimum atomic E-state index is -0.537. The number of ether oxygens (including phenoxy) is 1. The summed E-state index contributed by atoms with van der Waals surface area (Å²) in [6.07, 6.45) is 2.11. The molecule has 10 heteroatoms. The van der Waals surface area contributed by atoms with Gasteiger partial charge in [0.1, 0.15) is 11.6 Å². The van der Waals surface area contributed by atoms with Gasteiger partial charge in [0.15, 0.2) is 5.65 Å². The summed E-state index contributed by atoms with van der Waals surface area (Å²) < 4.78 is 7.07. The first-order valence-electron chi connectivity index (χ1n) is 10.5. The highest BCUT2D eigenvalue weighted by molar-refractivity contribution is 6.00. The largest absolute Gasteiger partial charge is 0.444 e. The van der Waals surface area contributed by atoms with Crippen LogP contribution in [0, 0.1) is 6.92 Å². The molecule has 0 spiro atoms. The summed E-state index contributed by atoms with van der Waals surface area (Å²) in [5.74, 6) is -0.599. The van der Waals surface area contributed by atoms with Crippen LogP contribution >= 0.6 is 0 Å². The molecule has 0 bridgehead atoms. The van der Waals surface area contributed by atoms with Crippen LogP contribution in [0.4, 0.5) is 10.5 Å². The first-order valence-corrected chi connectivity index (χ1v) is 10.5. The number of piperazine rings is 1. The number of piperidine rings is 1. The number of fused-ring (bicyclic) bond motifs is 1. The van der Waals surface area contributed by atoms with E-state index in [4.69, 9.17) is 9.72 Å². The number of nitrogens with one attached hydrogen (secondary N) is 1. The Labute approximate surface area is 180 Å². The number of amides is 3. The van der Waals surface area contributed by atoms with Gasteiger partial charge in [0.25, 0.3) is 5.91 Å². The van der Waals surface area contributed by atoms with Gasteiger partial charge >= 0.3 is 6.09 Å². The number of carbonyl (C=O) groups excluding carboxylic acids is 3. The van der Waals surface area contributed by atoms with Crippen molar-refractivity contribution in [3.63, 3.8) is 0 Å². The summed E-state index contributed by atoms with van der Waals surface area (Å²) in [4.78, 5) is 44.7. The predicted molar refractivity (Wildman–Crippen MR) is 114 cm³/mol. The molecule has 0 aliphatic carbocycles. The number of aromatic nitrogens is 3. The Hall–Kier alpha value is -3.17. The molecule has 3 amide bonds. The van der Waals surface area contributed by atoms with Crippen LogP contribution in [-0.4, -0.2) is 69.4 Å². The highest BCUT2D eigenvalue weighted by Crippen LogP contribution is 2.28. The van der Waals surface area contributed by atoms with E-state index in [2.05, 4.69) is 15.3 Å². The Morgan fingerprint density at radius 2 is 1.90 bits per heavy atom. The fraction of sp³-hybridized carbons (Fsp3) is 0.571. The number of carbonyl (C=O) groups is 3. The van der Waals surface area contributed by atoms with Crippen LogP contribution in [0.2, 0.25) is 0 Å². The second-order valence-electron chi connectivity index (χ2n) is 9.02. The number of hydrogen-bond acceptors (Lipinski definition) is 7. The predicted octanol–water partition coefficient (Wildman–Crippen LogP) is 1.77. The smallest absolute Gasteiger partial charge is 0.410 e. The van der Waals surface area contributed by atoms with E-state index in [0.29, 0.717) is 38.2 Å². The maximum atomic E-state index is 12.3. The lowest BCUT2D eigenvalue weighted by Gasteiger charge is -2.37. The molecule has 31 heavy (non-hydrogen) atoms. The lowest BCUT2D eigenvalue weighted by atomic mass is 10.1. The van der Waals surface area contributed by atoms with Gasteiger partial charge in [-0.1, -0.05) is 0 Å². The second kappa shape index (κ2) is 7.82. The van der Waals surface area contributed by atoms with Gasteiger partial charge in [0.2, 0.25) is 5.91 Å². The second-order valence-corrected chi connectivity index (χ2v) is 9.02. The molecular formula is C21H28N6O4. The summed E-state index contributed by atoms with van der Waals surface area (Å²) in [7, 11) is 0. The molecule has 4 heterocycles. The summed E-state index contributed by atoms with van der Waals surface area (Å²) in [5, 5.41) is 7.59. The fourth-order valence-corrected chi connectivity index (χ4v) is 3.97. The molecule has 2 saturated heterocycles. The Bertz CT molecular complexity index is 1030. The molecule has 166 valence electrons. The van der Waals surface area contributed by atoms with E-state index in [1.54, 1.807) is 15.8 Å². The van der Waals surface area contributed by atoms with Crippen LogP contribution in [0.3, 0.4) is 0 Å². The SMILES string of the molecule is Cc1nc2c(cnn2C2CCC(=O)NC2=O)cc1N1CCN(C(=O)OC(C)(C)C)CC1. The molecule has 2 aliphatic heterocycles. The van der Waals surface area contributed by atoms with E-state index in [9.17, 15) is 14.4 Å². The van der Waals surface area contributed by atoms with Crippen molar-refractivity contribution >= 4 is 34.6 Å². The molecule has 0 saturated carbocycles. The van der Waals surface area contributed by atoms with Gasteiger partial charge in [-0.05, 0) is 40.2 Å². The lowest BCUT2D eigenvalue weighted by molar-refractivity contribution is -0.135. The van der Waals surface area contributed by atoms with Gasteiger partial charge in [-0.3, -0.25) is 14.9 Å². The zero-order valence-corrected chi connectivity index (χ0v) is 18.3. The lowest BCUT2D eigenvalue weighted by Crippen LogP contribution is -2.50. The van der Waals surface area contributed by atoms with E-state index >= 15 is 0 Å². The third-order valence-electron chi connectivity index (χ3n) is 5.51. The van der Waals surface area contributed by atoms with E-state index in [1.165, 1.54) is 0 Å². The van der Waals surface area contributed by atoms with E-state index in [0.717, 1.165) is 16.8 Å². The monoisotopic (exact) mass is 428 g/mol. The number of nitrogens with zero attached hydrogens (tertiary/aromatic N) is 5. The van der Waals surface area contributed by atoms with Crippen molar-refractivity contribution in [1.82, 2.24) is 25.0 Å². The molecule has 1 unspecified atom stereocenters. The zero-order valence-electron chi connectivity index (χ0n) is 18.3. The van der Waals surface area contributed by atoms with Gasteiger partial charge in [-0.15, -0.1) is 0 Å². The van der Waals surface area contributed by atoms with Crippen molar-refractivity contribution in [2.75, 3.05) is 31.1 Å². The van der Waals surface area contributed by atoms with E-state index in [-0.39, 0.29) is 24.3 Å². The molecule has 0 radical (unpaired) electrons. The van der Waals surface area contributed by atoms with Gasteiger partial charge in [0.05, 0.1) is 17.6 Å². The first-order chi connectivity index (χ1) is 14.6. The maximum absolute atomic E-state index is 12.3. The number of imide groups is 1. The van der Waals surface area contributed by atoms with Crippen LogP contribution in [0.1, 0.15) is 45.3 Å². The van der Waals surface area contributed by atoms with Crippen molar-refractivity contribution < 1.29 is 19.1 Å². The summed E-state index contributed by atoms with van der Waals surface area (Å²) in [5.41, 5.74) is 1.93. The fourth-order valence-electron chi connectivity index (χ4n) is 3.97. The van der Waals surface area contributed by atoms with Crippen LogP contribution in [0.15, 0.2) is 12.3 Å². The van der Waals surface area contributed by atoms with Gasteiger partial charge in [-0.25, -0.2) is 14.5 Å². The number of rotatable bonds is 2. The summed E-state index contributed by atoms with van der Waals surface area (Å²) in [6, 6.07) is 1.49. The average molecular weight is 428 g/mol. The van der Waals surface area contributed by atoms with Crippen molar-refractivity contribution in [1.29, 1.82) is 0 Å². The minimum Gasteiger partial charge on any atom is -0.444 e. The number of hydrogen-bond donors (Lipinski definition) is 1. The van der Waals surface area contributed by atoms with Crippen LogP contribution < -0.4 is 10.2 Å². The summed E-state index contributed by atoms with van der Waals surface area (Å²) in [6.45, 7) is 10.0. The highest BCUT2D eigenvalue weighted by Gasteiger charge is 2.31. The number of pyridine rings is 1. The van der Waals surface area contributed by atoms with Crippen molar-refractivity contribution in [2.24, 2.45) is 0 Å². The Morgan fingerprint density at radius 1 is 1.19 bits per heavy atom. The molecule has 0 aromatic carbocycles. The summed E-state index contributed by atoms with van der Waals surface area (Å²) >= 11 is 0. The van der Waals surface area contributed by atoms with Crippen LogP contribution in [0.25, 0.3) is 11.0 Å². The molecule has 2 aliphatic rings. The van der Waals surface area contributed by atoms with Crippen LogP contribution in [-0.2, 0) is 14.3 Å². The topological polar surface area (TPSA) is 110 Å². The van der Waals surface area contributed by atoms with Gasteiger partial charge < -0.3 is 14.5 Å². The average Bonchev–Trinajstić information content (AvgIpc) is 3.08. The molecule has 2 fully saturated rings. The third kappa shape index (κ3) is 4.33. The number of aryl methyl sites for hydroxylation is 1. The van der Waals surface area contributed by atoms with Crippen molar-refractivity contribution in [2.45, 2.75) is 52.2 Å². The first kappa shape index (κ1) is 21.1. The normalized spacial score (nSPS) is 20.2. The van der Waals surface area contributed by atoms with Crippen LogP contribution in [0.5, 0.6) is 0 Å². The highest BCUT2D eigenvalue weighted by atomic mass is 16.6. The number of anilines is 1. The van der Waals surface area contributed by atoms with Crippen molar-refractivity contribution in [3.05, 3.63) is 18.0 Å². The molecule has 10 nitrogen and oxygen atoms in total. The van der Waals surface area contributed by atoms with Crippen molar-refractivity contribution in [3.8, 4) is 0 Å². The Kier molecular flexibility index (Phi) is 5.32. The quantitative estimate of drug-likeness (QED) is 0.726. The molecule has 2 aromatic rings. The van der Waals surface area contributed by atoms with Gasteiger partial charge in [-0.2, -0.15) is 5.10 Å². The molecule has 2 aromatic heterocycles. The molecule has 1 N–H and O–H groups in total. The molecular weight excluding hydrogens is 400 g/mol. The third-order valence-corrected chi connectivity index (χ3v) is 5.51. The molecule has 4 rings (SSSR count). The minimum absolute atomic E-state index is 0.255. The Morgan fingerprint density at radius 3 is 2.55 bits per heavy atom. The van der Waals surface area contributed by atoms with E-state index in [1.807, 2.05) is 33.8 Å². The maximum Gasteiger partial charge on any atom is 0.410 e.